The first-order valence-electron chi connectivity index (χ1n) is 12.4. The lowest BCUT2D eigenvalue weighted by molar-refractivity contribution is -0.137. The summed E-state index contributed by atoms with van der Waals surface area (Å²) in [5.74, 6) is -0.0544. The number of alkyl halides is 3. The number of rotatable bonds is 4. The van der Waals surface area contributed by atoms with Gasteiger partial charge in [0.25, 0.3) is 0 Å². The van der Waals surface area contributed by atoms with Gasteiger partial charge in [0.1, 0.15) is 9.85 Å². The number of amides is 4. The summed E-state index contributed by atoms with van der Waals surface area (Å²) in [6.45, 7) is 0. The van der Waals surface area contributed by atoms with Crippen molar-refractivity contribution in [3.05, 3.63) is 95.1 Å². The van der Waals surface area contributed by atoms with Gasteiger partial charge in [0.2, 0.25) is 0 Å². The molecule has 0 saturated heterocycles. The predicted molar refractivity (Wildman–Crippen MR) is 158 cm³/mol. The molecule has 0 bridgehead atoms. The van der Waals surface area contributed by atoms with Gasteiger partial charge in [-0.2, -0.15) is 23.2 Å². The van der Waals surface area contributed by atoms with Crippen molar-refractivity contribution < 1.29 is 22.8 Å². The zero-order valence-corrected chi connectivity index (χ0v) is 23.5. The molecule has 0 spiro atoms. The van der Waals surface area contributed by atoms with Gasteiger partial charge in [-0.3, -0.25) is 25.3 Å². The van der Waals surface area contributed by atoms with E-state index in [2.05, 4.69) is 40.5 Å². The number of pyridine rings is 3. The third-order valence-electron chi connectivity index (χ3n) is 6.11. The van der Waals surface area contributed by atoms with E-state index in [9.17, 15) is 22.8 Å². The van der Waals surface area contributed by atoms with Crippen molar-refractivity contribution >= 4 is 79.9 Å². The number of hydrazine groups is 1. The lowest BCUT2D eigenvalue weighted by Crippen LogP contribution is -2.54. The summed E-state index contributed by atoms with van der Waals surface area (Å²) in [7, 11) is 0. The Labute approximate surface area is 254 Å². The monoisotopic (exact) mass is 636 g/mol. The average molecular weight is 637 g/mol. The largest absolute Gasteiger partial charge is 0.416 e. The summed E-state index contributed by atoms with van der Waals surface area (Å²) in [6, 6.07) is 7.32. The van der Waals surface area contributed by atoms with Gasteiger partial charge in [-0.05, 0) is 36.4 Å². The van der Waals surface area contributed by atoms with Crippen LogP contribution in [0.25, 0.3) is 21.9 Å². The van der Waals surface area contributed by atoms with Gasteiger partial charge in [-0.15, -0.1) is 11.3 Å². The number of fused-ring (bicyclic) bond motifs is 2. The number of carbonyl (C=O) groups excluding carboxylic acids is 2. The van der Waals surface area contributed by atoms with Gasteiger partial charge in [0.15, 0.2) is 11.6 Å². The highest BCUT2D eigenvalue weighted by molar-refractivity contribution is 7.14. The van der Waals surface area contributed by atoms with E-state index < -0.39 is 23.8 Å². The number of aromatic nitrogens is 6. The van der Waals surface area contributed by atoms with Crippen LogP contribution in [-0.2, 0) is 6.18 Å². The van der Waals surface area contributed by atoms with E-state index in [1.807, 2.05) is 0 Å². The van der Waals surface area contributed by atoms with Crippen LogP contribution in [0.2, 0.25) is 4.34 Å². The van der Waals surface area contributed by atoms with Crippen molar-refractivity contribution in [2.45, 2.75) is 6.18 Å². The molecule has 44 heavy (non-hydrogen) atoms. The second-order valence-electron chi connectivity index (χ2n) is 8.81. The van der Waals surface area contributed by atoms with Crippen molar-refractivity contribution in [2.24, 2.45) is 0 Å². The molecule has 220 valence electrons. The molecule has 1 aromatic carbocycles. The number of nitrogens with one attached hydrogen (secondary N) is 2. The van der Waals surface area contributed by atoms with Gasteiger partial charge in [-0.1, -0.05) is 17.7 Å². The summed E-state index contributed by atoms with van der Waals surface area (Å²) < 4.78 is 40.1. The van der Waals surface area contributed by atoms with E-state index in [1.165, 1.54) is 60.9 Å². The number of halogens is 4. The zero-order valence-electron chi connectivity index (χ0n) is 21.9. The van der Waals surface area contributed by atoms with E-state index in [-0.39, 0.29) is 43.8 Å². The minimum atomic E-state index is -4.59. The van der Waals surface area contributed by atoms with E-state index in [0.717, 1.165) is 33.5 Å². The van der Waals surface area contributed by atoms with Gasteiger partial charge >= 0.3 is 18.2 Å². The summed E-state index contributed by atoms with van der Waals surface area (Å²) in [5.41, 5.74) is 1.34. The minimum absolute atomic E-state index is 0.0163. The lowest BCUT2D eigenvalue weighted by atomic mass is 10.1. The van der Waals surface area contributed by atoms with Crippen LogP contribution in [0.15, 0.2) is 85.2 Å². The number of hydrogen-bond donors (Lipinski definition) is 2. The smallest absolute Gasteiger partial charge is 0.305 e. The Morgan fingerprint density at radius 1 is 0.818 bits per heavy atom. The highest BCUT2D eigenvalue weighted by atomic mass is 35.5. The number of urea groups is 2. The Balaban J connectivity index is 1.48. The summed E-state index contributed by atoms with van der Waals surface area (Å²) in [5, 5.41) is 7.30. The maximum absolute atomic E-state index is 14.2. The number of anilines is 4. The molecule has 0 radical (unpaired) electrons. The van der Waals surface area contributed by atoms with Crippen molar-refractivity contribution in [1.29, 1.82) is 0 Å². The van der Waals surface area contributed by atoms with E-state index in [1.54, 1.807) is 12.1 Å². The van der Waals surface area contributed by atoms with Gasteiger partial charge in [0, 0.05) is 36.4 Å². The van der Waals surface area contributed by atoms with Crippen LogP contribution in [0.4, 0.5) is 45.8 Å². The first kappa shape index (κ1) is 28.6. The standard InChI is InChI=1S/C27H16ClF3N10O2S/c28-23-24(37-14-44-23)41(25(42)38-17-5-8-34-19-12-15(27(29,30)31)3-4-16(17)19)40(26(43)39-21-13-32-10-11-35-21)20-6-9-33-18-2-1-7-36-22(18)20/h1-14H,(H,34,38,42)(H,35,39,43). The Hall–Kier alpha value is -5.48. The lowest BCUT2D eigenvalue weighted by Gasteiger charge is -2.33. The van der Waals surface area contributed by atoms with Crippen LogP contribution in [0.5, 0.6) is 0 Å². The first-order chi connectivity index (χ1) is 21.2. The third kappa shape index (κ3) is 5.62. The topological polar surface area (TPSA) is 142 Å². The van der Waals surface area contributed by atoms with Crippen LogP contribution >= 0.6 is 22.9 Å². The zero-order chi connectivity index (χ0) is 30.8. The molecule has 2 N–H and O–H groups in total. The van der Waals surface area contributed by atoms with Crippen LogP contribution in [0.1, 0.15) is 5.56 Å². The number of hydrogen-bond acceptors (Lipinski definition) is 9. The van der Waals surface area contributed by atoms with Gasteiger partial charge < -0.3 is 5.32 Å². The van der Waals surface area contributed by atoms with E-state index in [4.69, 9.17) is 11.6 Å². The number of carbonyl (C=O) groups is 2. The molecule has 6 rings (SSSR count). The molecule has 6 aromatic rings. The molecule has 12 nitrogen and oxygen atoms in total. The SMILES string of the molecule is O=C(Nc1ccnc2cc(C(F)(F)F)ccc12)N(c1ncsc1Cl)N(C(=O)Nc1cnccn1)c1ccnc2cccnc12. The van der Waals surface area contributed by atoms with E-state index >= 15 is 0 Å². The molecule has 0 aliphatic heterocycles. The number of benzene rings is 1. The maximum atomic E-state index is 14.2. The Kier molecular flexibility index (Phi) is 7.59. The first-order valence-corrected chi connectivity index (χ1v) is 13.7. The molecule has 0 fully saturated rings. The summed E-state index contributed by atoms with van der Waals surface area (Å²) in [4.78, 5) is 53.1. The fraction of sp³-hybridized carbons (Fsp3) is 0.0370. The Morgan fingerprint density at radius 2 is 1.61 bits per heavy atom. The van der Waals surface area contributed by atoms with Crippen molar-refractivity contribution in [3.63, 3.8) is 0 Å². The van der Waals surface area contributed by atoms with Gasteiger partial charge in [0.05, 0.1) is 39.7 Å². The van der Waals surface area contributed by atoms with Crippen LogP contribution in [0, 0.1) is 0 Å². The normalized spacial score (nSPS) is 11.4. The molecule has 5 aromatic heterocycles. The molecule has 0 saturated carbocycles. The highest BCUT2D eigenvalue weighted by Crippen LogP contribution is 2.36. The molecule has 17 heteroatoms. The van der Waals surface area contributed by atoms with Gasteiger partial charge in [-0.25, -0.2) is 19.6 Å². The second-order valence-corrected chi connectivity index (χ2v) is 10.3. The highest BCUT2D eigenvalue weighted by Gasteiger charge is 2.35. The van der Waals surface area contributed by atoms with Crippen LogP contribution in [-0.4, -0.2) is 42.0 Å². The quantitative estimate of drug-likeness (QED) is 0.202. The van der Waals surface area contributed by atoms with Crippen LogP contribution < -0.4 is 20.7 Å². The van der Waals surface area contributed by atoms with Crippen LogP contribution in [0.3, 0.4) is 0 Å². The molecular formula is C27H16ClF3N10O2S. The number of nitrogens with zero attached hydrogens (tertiary/aromatic N) is 8. The predicted octanol–water partition coefficient (Wildman–Crippen LogP) is 6.79. The summed E-state index contributed by atoms with van der Waals surface area (Å²) >= 11 is 7.46. The van der Waals surface area contributed by atoms with E-state index in [0.29, 0.717) is 5.52 Å². The molecule has 0 aliphatic carbocycles. The molecule has 0 aliphatic rings. The Bertz CT molecular complexity index is 2010. The Morgan fingerprint density at radius 3 is 2.36 bits per heavy atom. The third-order valence-corrected chi connectivity index (χ3v) is 7.14. The molecule has 0 atom stereocenters. The summed E-state index contributed by atoms with van der Waals surface area (Å²) in [6.07, 6.45) is 3.66. The molecule has 0 unspecified atom stereocenters. The van der Waals surface area contributed by atoms with Crippen molar-refractivity contribution in [1.82, 2.24) is 29.9 Å². The second kappa shape index (κ2) is 11.7. The fourth-order valence-electron chi connectivity index (χ4n) is 4.22. The molecule has 4 amide bonds. The number of thiazole rings is 1. The molecular weight excluding hydrogens is 621 g/mol. The maximum Gasteiger partial charge on any atom is 0.416 e. The molecule has 5 heterocycles. The average Bonchev–Trinajstić information content (AvgIpc) is 3.44. The van der Waals surface area contributed by atoms with Crippen molar-refractivity contribution in [3.8, 4) is 0 Å². The van der Waals surface area contributed by atoms with Crippen molar-refractivity contribution in [2.75, 3.05) is 20.7 Å². The fourth-order valence-corrected chi connectivity index (χ4v) is 4.96. The minimum Gasteiger partial charge on any atom is -0.305 e.